The Hall–Kier alpha value is -2.14. The van der Waals surface area contributed by atoms with Crippen LogP contribution in [0.25, 0.3) is 0 Å². The maximum absolute atomic E-state index is 12.5. The van der Waals surface area contributed by atoms with Crippen molar-refractivity contribution in [3.63, 3.8) is 0 Å². The summed E-state index contributed by atoms with van der Waals surface area (Å²) in [5.41, 5.74) is 1.27. The van der Waals surface area contributed by atoms with E-state index in [0.717, 1.165) is 5.56 Å². The van der Waals surface area contributed by atoms with Crippen LogP contribution in [0.1, 0.15) is 29.0 Å². The van der Waals surface area contributed by atoms with Crippen LogP contribution < -0.4 is 5.32 Å². The summed E-state index contributed by atoms with van der Waals surface area (Å²) in [4.78, 5) is 22.3. The Morgan fingerprint density at radius 3 is 2.81 bits per heavy atom. The van der Waals surface area contributed by atoms with E-state index >= 15 is 0 Å². The summed E-state index contributed by atoms with van der Waals surface area (Å²) >= 11 is 6.00. The van der Waals surface area contributed by atoms with Crippen molar-refractivity contribution in [2.24, 2.45) is 0 Å². The quantitative estimate of drug-likeness (QED) is 0.943. The summed E-state index contributed by atoms with van der Waals surface area (Å²) in [7, 11) is 3.47. The Balaban J connectivity index is 2.22. The van der Waals surface area contributed by atoms with Crippen molar-refractivity contribution in [3.8, 4) is 0 Å². The topological polar surface area (TPSA) is 58.1 Å². The molecule has 2 aromatic rings. The second kappa shape index (κ2) is 6.54. The van der Waals surface area contributed by atoms with Gasteiger partial charge in [0.1, 0.15) is 11.5 Å². The van der Waals surface area contributed by atoms with E-state index in [1.165, 1.54) is 6.20 Å². The van der Waals surface area contributed by atoms with Crippen LogP contribution in [0.2, 0.25) is 5.02 Å². The SMILES string of the molecule is CNc1cncc(C(=O)N(C)C(C)c2cccc(Cl)c2)n1. The number of carbonyl (C=O) groups is 1. The molecule has 1 heterocycles. The third-order valence-electron chi connectivity index (χ3n) is 3.34. The lowest BCUT2D eigenvalue weighted by molar-refractivity contribution is 0.0736. The zero-order chi connectivity index (χ0) is 15.4. The Morgan fingerprint density at radius 1 is 1.38 bits per heavy atom. The zero-order valence-electron chi connectivity index (χ0n) is 12.2. The van der Waals surface area contributed by atoms with Crippen molar-refractivity contribution in [1.29, 1.82) is 0 Å². The molecule has 0 saturated heterocycles. The van der Waals surface area contributed by atoms with Gasteiger partial charge in [0, 0.05) is 19.1 Å². The van der Waals surface area contributed by atoms with Crippen LogP contribution in [-0.2, 0) is 0 Å². The van der Waals surface area contributed by atoms with Crippen molar-refractivity contribution in [1.82, 2.24) is 14.9 Å². The first-order valence-electron chi connectivity index (χ1n) is 6.55. The number of aromatic nitrogens is 2. The number of hydrogen-bond donors (Lipinski definition) is 1. The van der Waals surface area contributed by atoms with Gasteiger partial charge in [-0.2, -0.15) is 0 Å². The molecule has 0 spiro atoms. The lowest BCUT2D eigenvalue weighted by atomic mass is 10.1. The van der Waals surface area contributed by atoms with E-state index < -0.39 is 0 Å². The van der Waals surface area contributed by atoms with Gasteiger partial charge in [-0.25, -0.2) is 4.98 Å². The monoisotopic (exact) mass is 304 g/mol. The van der Waals surface area contributed by atoms with Gasteiger partial charge in [-0.1, -0.05) is 23.7 Å². The average Bonchev–Trinajstić information content (AvgIpc) is 2.52. The number of carbonyl (C=O) groups excluding carboxylic acids is 1. The van der Waals surface area contributed by atoms with Gasteiger partial charge < -0.3 is 10.2 Å². The van der Waals surface area contributed by atoms with Crippen LogP contribution in [0.3, 0.4) is 0 Å². The lowest BCUT2D eigenvalue weighted by Crippen LogP contribution is -2.30. The molecule has 0 aliphatic rings. The van der Waals surface area contributed by atoms with E-state index in [4.69, 9.17) is 11.6 Å². The number of halogens is 1. The molecule has 0 fully saturated rings. The Kier molecular flexibility index (Phi) is 4.75. The van der Waals surface area contributed by atoms with Crippen LogP contribution in [0, 0.1) is 0 Å². The van der Waals surface area contributed by atoms with E-state index in [-0.39, 0.29) is 11.9 Å². The molecule has 1 aromatic heterocycles. The molecule has 5 nitrogen and oxygen atoms in total. The lowest BCUT2D eigenvalue weighted by Gasteiger charge is -2.25. The van der Waals surface area contributed by atoms with Crippen molar-refractivity contribution in [2.45, 2.75) is 13.0 Å². The molecule has 1 N–H and O–H groups in total. The predicted molar refractivity (Wildman–Crippen MR) is 83.5 cm³/mol. The second-order valence-electron chi connectivity index (χ2n) is 4.69. The molecule has 1 unspecified atom stereocenters. The summed E-state index contributed by atoms with van der Waals surface area (Å²) in [5, 5.41) is 3.52. The molecular weight excluding hydrogens is 288 g/mol. The second-order valence-corrected chi connectivity index (χ2v) is 5.12. The maximum atomic E-state index is 12.5. The van der Waals surface area contributed by atoms with E-state index in [2.05, 4.69) is 15.3 Å². The van der Waals surface area contributed by atoms with Crippen LogP contribution in [0.15, 0.2) is 36.7 Å². The highest BCUT2D eigenvalue weighted by atomic mass is 35.5. The summed E-state index contributed by atoms with van der Waals surface area (Å²) < 4.78 is 0. The summed E-state index contributed by atoms with van der Waals surface area (Å²) in [6.45, 7) is 1.94. The van der Waals surface area contributed by atoms with Crippen molar-refractivity contribution < 1.29 is 4.79 Å². The van der Waals surface area contributed by atoms with Gasteiger partial charge in [-0.3, -0.25) is 9.78 Å². The first-order valence-corrected chi connectivity index (χ1v) is 6.93. The van der Waals surface area contributed by atoms with E-state index in [1.807, 2.05) is 31.2 Å². The third-order valence-corrected chi connectivity index (χ3v) is 3.58. The smallest absolute Gasteiger partial charge is 0.274 e. The fraction of sp³-hybridized carbons (Fsp3) is 0.267. The fourth-order valence-corrected chi connectivity index (χ4v) is 2.13. The summed E-state index contributed by atoms with van der Waals surface area (Å²) in [6, 6.07) is 7.35. The Bertz CT molecular complexity index is 647. The fourth-order valence-electron chi connectivity index (χ4n) is 1.94. The van der Waals surface area contributed by atoms with Gasteiger partial charge in [0.15, 0.2) is 0 Å². The molecular formula is C15H17ClN4O. The first-order chi connectivity index (χ1) is 10.0. The molecule has 0 radical (unpaired) electrons. The molecule has 1 aromatic carbocycles. The number of anilines is 1. The van der Waals surface area contributed by atoms with Gasteiger partial charge in [0.25, 0.3) is 5.91 Å². The van der Waals surface area contributed by atoms with Crippen LogP contribution in [0.5, 0.6) is 0 Å². The summed E-state index contributed by atoms with van der Waals surface area (Å²) in [6.07, 6.45) is 3.03. The molecule has 6 heteroatoms. The molecule has 0 saturated carbocycles. The van der Waals surface area contributed by atoms with Crippen molar-refractivity contribution in [3.05, 3.63) is 52.9 Å². The van der Waals surface area contributed by atoms with Gasteiger partial charge in [-0.05, 0) is 24.6 Å². The largest absolute Gasteiger partial charge is 0.372 e. The number of amides is 1. The maximum Gasteiger partial charge on any atom is 0.274 e. The number of hydrogen-bond acceptors (Lipinski definition) is 4. The highest BCUT2D eigenvalue weighted by molar-refractivity contribution is 6.30. The minimum absolute atomic E-state index is 0.115. The molecule has 0 aliphatic heterocycles. The van der Waals surface area contributed by atoms with E-state index in [0.29, 0.717) is 16.5 Å². The zero-order valence-corrected chi connectivity index (χ0v) is 12.9. The molecule has 0 bridgehead atoms. The Morgan fingerprint density at radius 2 is 2.14 bits per heavy atom. The molecule has 1 amide bonds. The van der Waals surface area contributed by atoms with Gasteiger partial charge in [0.05, 0.1) is 18.4 Å². The minimum Gasteiger partial charge on any atom is -0.372 e. The normalized spacial score (nSPS) is 11.8. The summed E-state index contributed by atoms with van der Waals surface area (Å²) in [5.74, 6) is 0.372. The Labute approximate surface area is 129 Å². The molecule has 0 aliphatic carbocycles. The van der Waals surface area contributed by atoms with Gasteiger partial charge in [-0.15, -0.1) is 0 Å². The van der Waals surface area contributed by atoms with Gasteiger partial charge >= 0.3 is 0 Å². The predicted octanol–water partition coefficient (Wildman–Crippen LogP) is 3.00. The van der Waals surface area contributed by atoms with Crippen molar-refractivity contribution >= 4 is 23.3 Å². The highest BCUT2D eigenvalue weighted by Crippen LogP contribution is 2.23. The van der Waals surface area contributed by atoms with Crippen LogP contribution in [0.4, 0.5) is 5.82 Å². The minimum atomic E-state index is -0.188. The molecule has 21 heavy (non-hydrogen) atoms. The molecule has 1 atom stereocenters. The standard InChI is InChI=1S/C15H17ClN4O/c1-10(11-5-4-6-12(16)7-11)20(3)15(21)13-8-18-9-14(17-2)19-13/h4-10H,1-3H3,(H,17,19). The van der Waals surface area contributed by atoms with Gasteiger partial charge in [0.2, 0.25) is 0 Å². The number of nitrogens with one attached hydrogen (secondary N) is 1. The third kappa shape index (κ3) is 3.49. The first kappa shape index (κ1) is 15.3. The number of rotatable bonds is 4. The molecule has 2 rings (SSSR count). The van der Waals surface area contributed by atoms with Crippen molar-refractivity contribution in [2.75, 3.05) is 19.4 Å². The van der Waals surface area contributed by atoms with E-state index in [9.17, 15) is 4.79 Å². The molecule has 110 valence electrons. The van der Waals surface area contributed by atoms with Crippen LogP contribution >= 0.6 is 11.6 Å². The number of nitrogens with zero attached hydrogens (tertiary/aromatic N) is 3. The van der Waals surface area contributed by atoms with E-state index in [1.54, 1.807) is 25.2 Å². The van der Waals surface area contributed by atoms with Crippen LogP contribution in [-0.4, -0.2) is 34.9 Å². The highest BCUT2D eigenvalue weighted by Gasteiger charge is 2.20. The average molecular weight is 305 g/mol. The number of benzene rings is 1.